The fourth-order valence-electron chi connectivity index (χ4n) is 5.07. The highest BCUT2D eigenvalue weighted by atomic mass is 19.1. The minimum Gasteiger partial charge on any atom is -0.248 e. The largest absolute Gasteiger partial charge is 0.248 e. The van der Waals surface area contributed by atoms with Gasteiger partial charge in [-0.25, -0.2) is 22.5 Å². The molecular weight excluding hydrogens is 510 g/mol. The van der Waals surface area contributed by atoms with Gasteiger partial charge in [-0.05, 0) is 81.6 Å². The molecule has 202 valence electrons. The van der Waals surface area contributed by atoms with Gasteiger partial charge in [0.05, 0.1) is 11.4 Å². The molecule has 0 radical (unpaired) electrons. The first-order valence-corrected chi connectivity index (χ1v) is 13.3. The van der Waals surface area contributed by atoms with E-state index in [2.05, 4.69) is 56.9 Å². The maximum atomic E-state index is 15.0. The van der Waals surface area contributed by atoms with Crippen LogP contribution in [0.3, 0.4) is 0 Å². The molecule has 0 fully saturated rings. The van der Waals surface area contributed by atoms with E-state index in [1.54, 1.807) is 12.1 Å². The zero-order chi connectivity index (χ0) is 28.6. The Hall–Kier alpha value is -4.25. The Balaban J connectivity index is 1.83. The maximum Gasteiger partial charge on any atom is 0.135 e. The summed E-state index contributed by atoms with van der Waals surface area (Å²) in [5, 5.41) is 0. The molecule has 0 unspecified atom stereocenters. The molecule has 0 spiro atoms. The van der Waals surface area contributed by atoms with Crippen LogP contribution in [0.2, 0.25) is 0 Å². The van der Waals surface area contributed by atoms with E-state index in [0.29, 0.717) is 0 Å². The molecule has 0 aliphatic heterocycles. The summed E-state index contributed by atoms with van der Waals surface area (Å²) in [6, 6.07) is 24.6. The zero-order valence-electron chi connectivity index (χ0n) is 22.8. The van der Waals surface area contributed by atoms with Gasteiger partial charge < -0.3 is 0 Å². The number of nitrogens with zero attached hydrogens (tertiary/aromatic N) is 1. The fourth-order valence-corrected chi connectivity index (χ4v) is 5.07. The molecule has 4 aromatic carbocycles. The molecule has 1 aromatic heterocycles. The van der Waals surface area contributed by atoms with E-state index < -0.39 is 23.3 Å². The van der Waals surface area contributed by atoms with Crippen molar-refractivity contribution < 1.29 is 17.6 Å². The van der Waals surface area contributed by atoms with Gasteiger partial charge in [0.2, 0.25) is 0 Å². The first-order valence-electron chi connectivity index (χ1n) is 13.3. The first-order chi connectivity index (χ1) is 19.1. The predicted octanol–water partition coefficient (Wildman–Crippen LogP) is 10.6. The van der Waals surface area contributed by atoms with Crippen LogP contribution in [0.1, 0.15) is 50.7 Å². The molecule has 40 heavy (non-hydrogen) atoms. The molecule has 0 atom stereocenters. The van der Waals surface area contributed by atoms with Crippen LogP contribution in [0, 0.1) is 23.3 Å². The Labute approximate surface area is 232 Å². The molecule has 5 rings (SSSR count). The Kier molecular flexibility index (Phi) is 7.57. The van der Waals surface area contributed by atoms with Crippen molar-refractivity contribution in [2.45, 2.75) is 39.5 Å². The fraction of sp³-hybridized carbons (Fsp3) is 0.171. The lowest BCUT2D eigenvalue weighted by Crippen LogP contribution is -2.03. The summed E-state index contributed by atoms with van der Waals surface area (Å²) >= 11 is 0. The summed E-state index contributed by atoms with van der Waals surface area (Å²) in [7, 11) is 0. The van der Waals surface area contributed by atoms with E-state index in [1.807, 2.05) is 18.2 Å². The number of hydrogen-bond acceptors (Lipinski definition) is 1. The van der Waals surface area contributed by atoms with Crippen LogP contribution in [0.25, 0.3) is 44.8 Å². The molecule has 0 aliphatic carbocycles. The molecule has 0 aliphatic rings. The Morgan fingerprint density at radius 1 is 0.500 bits per heavy atom. The number of aromatic nitrogens is 1. The topological polar surface area (TPSA) is 12.9 Å². The van der Waals surface area contributed by atoms with E-state index in [9.17, 15) is 17.6 Å². The van der Waals surface area contributed by atoms with Crippen molar-refractivity contribution in [2.75, 3.05) is 0 Å². The summed E-state index contributed by atoms with van der Waals surface area (Å²) in [4.78, 5) is 4.57. The average Bonchev–Trinajstić information content (AvgIpc) is 2.92. The van der Waals surface area contributed by atoms with Gasteiger partial charge in [-0.3, -0.25) is 0 Å². The Morgan fingerprint density at radius 3 is 1.40 bits per heavy atom. The van der Waals surface area contributed by atoms with Gasteiger partial charge in [0.1, 0.15) is 23.3 Å². The van der Waals surface area contributed by atoms with Gasteiger partial charge >= 0.3 is 0 Å². The van der Waals surface area contributed by atoms with Crippen molar-refractivity contribution in [1.82, 2.24) is 4.98 Å². The summed E-state index contributed by atoms with van der Waals surface area (Å²) in [5.74, 6) is -2.71. The standard InChI is InChI=1S/C35H29F4N/c1-20(2)29-14-23(22-8-6-5-7-9-22)15-30(21(3)4)35(29)24-16-33(27-12-10-25(36)18-31(27)38)40-34(17-24)28-13-11-26(37)19-32(28)39/h5-21H,1-4H3. The van der Waals surface area contributed by atoms with Crippen molar-refractivity contribution >= 4 is 0 Å². The second kappa shape index (κ2) is 11.1. The number of pyridine rings is 1. The highest BCUT2D eigenvalue weighted by Gasteiger charge is 2.21. The van der Waals surface area contributed by atoms with Crippen LogP contribution in [-0.2, 0) is 0 Å². The molecule has 5 heteroatoms. The Morgan fingerprint density at radius 2 is 0.975 bits per heavy atom. The SMILES string of the molecule is CC(C)c1cc(-c2ccccc2)cc(C(C)C)c1-c1cc(-c2ccc(F)cc2F)nc(-c2ccc(F)cc2F)c1. The van der Waals surface area contributed by atoms with Gasteiger partial charge in [-0.1, -0.05) is 70.2 Å². The summed E-state index contributed by atoms with van der Waals surface area (Å²) in [6.45, 7) is 8.44. The lowest BCUT2D eigenvalue weighted by molar-refractivity contribution is 0.585. The molecule has 0 bridgehead atoms. The molecule has 0 saturated carbocycles. The van der Waals surface area contributed by atoms with E-state index in [1.165, 1.54) is 24.3 Å². The minimum absolute atomic E-state index is 0.0881. The molecule has 5 aromatic rings. The molecule has 1 nitrogen and oxygen atoms in total. The molecule has 0 saturated heterocycles. The third-order valence-corrected chi connectivity index (χ3v) is 7.08. The molecule has 0 N–H and O–H groups in total. The van der Waals surface area contributed by atoms with Crippen molar-refractivity contribution in [3.63, 3.8) is 0 Å². The number of benzene rings is 4. The van der Waals surface area contributed by atoms with E-state index in [-0.39, 0.29) is 34.4 Å². The number of hydrogen-bond donors (Lipinski definition) is 0. The van der Waals surface area contributed by atoms with E-state index >= 15 is 0 Å². The van der Waals surface area contributed by atoms with Crippen molar-refractivity contribution in [2.24, 2.45) is 0 Å². The van der Waals surface area contributed by atoms with Gasteiger partial charge in [-0.15, -0.1) is 0 Å². The van der Waals surface area contributed by atoms with Crippen molar-refractivity contribution in [3.05, 3.63) is 125 Å². The van der Waals surface area contributed by atoms with Crippen LogP contribution in [0.5, 0.6) is 0 Å². The smallest absolute Gasteiger partial charge is 0.135 e. The second-order valence-electron chi connectivity index (χ2n) is 10.6. The third-order valence-electron chi connectivity index (χ3n) is 7.08. The molecule has 0 amide bonds. The van der Waals surface area contributed by atoms with Crippen LogP contribution >= 0.6 is 0 Å². The number of rotatable bonds is 6. The van der Waals surface area contributed by atoms with Crippen LogP contribution in [0.4, 0.5) is 17.6 Å². The van der Waals surface area contributed by atoms with Gasteiger partial charge in [-0.2, -0.15) is 0 Å². The third kappa shape index (κ3) is 5.42. The molecular formula is C35H29F4N. The van der Waals surface area contributed by atoms with E-state index in [0.717, 1.165) is 45.5 Å². The molecule has 1 heterocycles. The second-order valence-corrected chi connectivity index (χ2v) is 10.6. The lowest BCUT2D eigenvalue weighted by atomic mass is 9.82. The lowest BCUT2D eigenvalue weighted by Gasteiger charge is -2.23. The quantitative estimate of drug-likeness (QED) is 0.196. The highest BCUT2D eigenvalue weighted by molar-refractivity contribution is 5.83. The van der Waals surface area contributed by atoms with Crippen LogP contribution < -0.4 is 0 Å². The van der Waals surface area contributed by atoms with Crippen molar-refractivity contribution in [3.8, 4) is 44.8 Å². The summed E-state index contributed by atoms with van der Waals surface area (Å²) in [6.07, 6.45) is 0. The minimum atomic E-state index is -0.775. The number of halogens is 4. The first kappa shape index (κ1) is 27.3. The van der Waals surface area contributed by atoms with Gasteiger partial charge in [0.25, 0.3) is 0 Å². The highest BCUT2D eigenvalue weighted by Crippen LogP contribution is 2.42. The normalized spacial score (nSPS) is 11.4. The average molecular weight is 540 g/mol. The Bertz CT molecular complexity index is 1590. The van der Waals surface area contributed by atoms with Crippen molar-refractivity contribution in [1.29, 1.82) is 0 Å². The predicted molar refractivity (Wildman–Crippen MR) is 154 cm³/mol. The monoisotopic (exact) mass is 539 g/mol. The van der Waals surface area contributed by atoms with E-state index in [4.69, 9.17) is 0 Å². The summed E-state index contributed by atoms with van der Waals surface area (Å²) < 4.78 is 57.5. The van der Waals surface area contributed by atoms with Crippen LogP contribution in [0.15, 0.2) is 91.0 Å². The zero-order valence-corrected chi connectivity index (χ0v) is 22.8. The summed E-state index contributed by atoms with van der Waals surface area (Å²) in [5.41, 5.74) is 6.64. The van der Waals surface area contributed by atoms with Crippen LogP contribution in [-0.4, -0.2) is 4.98 Å². The maximum absolute atomic E-state index is 15.0. The van der Waals surface area contributed by atoms with Gasteiger partial charge in [0.15, 0.2) is 0 Å². The van der Waals surface area contributed by atoms with Gasteiger partial charge in [0, 0.05) is 23.3 Å².